The van der Waals surface area contributed by atoms with Gasteiger partial charge in [-0.1, -0.05) is 12.1 Å². The minimum atomic E-state index is 1.11. The van der Waals surface area contributed by atoms with Crippen molar-refractivity contribution in [3.05, 3.63) is 29.3 Å². The molecule has 16 heavy (non-hydrogen) atoms. The first kappa shape index (κ1) is 13.0. The normalized spacial score (nSPS) is 10.5. The molecule has 1 aromatic rings. The molecule has 0 aliphatic rings. The fourth-order valence-electron chi connectivity index (χ4n) is 1.90. The molecule has 1 N–H and O–H groups in total. The van der Waals surface area contributed by atoms with E-state index in [2.05, 4.69) is 49.3 Å². The number of benzene rings is 1. The van der Waals surface area contributed by atoms with E-state index in [0.29, 0.717) is 0 Å². The Morgan fingerprint density at radius 3 is 2.62 bits per heavy atom. The monoisotopic (exact) mass is 220 g/mol. The van der Waals surface area contributed by atoms with Gasteiger partial charge in [-0.05, 0) is 57.5 Å². The SMILES string of the molecule is CNCCCCN(C)c1cc(C)ccc1C. The maximum atomic E-state index is 3.18. The van der Waals surface area contributed by atoms with E-state index in [9.17, 15) is 0 Å². The quantitative estimate of drug-likeness (QED) is 0.742. The third-order valence-electron chi connectivity index (χ3n) is 2.95. The number of unbranched alkanes of at least 4 members (excludes halogenated alkanes) is 1. The predicted molar refractivity (Wildman–Crippen MR) is 72.3 cm³/mol. The number of hydrogen-bond acceptors (Lipinski definition) is 2. The van der Waals surface area contributed by atoms with E-state index in [1.54, 1.807) is 0 Å². The largest absolute Gasteiger partial charge is 0.374 e. The van der Waals surface area contributed by atoms with Crippen molar-refractivity contribution in [3.63, 3.8) is 0 Å². The average Bonchev–Trinajstić information content (AvgIpc) is 2.27. The average molecular weight is 220 g/mol. The molecule has 90 valence electrons. The van der Waals surface area contributed by atoms with Gasteiger partial charge in [-0.15, -0.1) is 0 Å². The molecule has 0 atom stereocenters. The molecule has 0 aliphatic carbocycles. The maximum Gasteiger partial charge on any atom is 0.0395 e. The van der Waals surface area contributed by atoms with E-state index in [-0.39, 0.29) is 0 Å². The second kappa shape index (κ2) is 6.54. The third kappa shape index (κ3) is 3.86. The molecule has 0 unspecified atom stereocenters. The van der Waals surface area contributed by atoms with Gasteiger partial charge in [0.25, 0.3) is 0 Å². The summed E-state index contributed by atoms with van der Waals surface area (Å²) in [5.74, 6) is 0. The zero-order valence-electron chi connectivity index (χ0n) is 11.0. The molecular formula is C14H24N2. The second-order valence-corrected chi connectivity index (χ2v) is 4.52. The summed E-state index contributed by atoms with van der Waals surface area (Å²) in [4.78, 5) is 2.36. The zero-order chi connectivity index (χ0) is 12.0. The zero-order valence-corrected chi connectivity index (χ0v) is 11.0. The summed E-state index contributed by atoms with van der Waals surface area (Å²) in [5, 5.41) is 3.18. The molecule has 0 saturated heterocycles. The lowest BCUT2D eigenvalue weighted by Crippen LogP contribution is -2.20. The molecule has 2 heteroatoms. The van der Waals surface area contributed by atoms with E-state index in [0.717, 1.165) is 13.1 Å². The van der Waals surface area contributed by atoms with Gasteiger partial charge in [0, 0.05) is 19.3 Å². The molecular weight excluding hydrogens is 196 g/mol. The summed E-state index contributed by atoms with van der Waals surface area (Å²) in [6, 6.07) is 6.65. The van der Waals surface area contributed by atoms with E-state index < -0.39 is 0 Å². The molecule has 2 nitrogen and oxygen atoms in total. The van der Waals surface area contributed by atoms with E-state index >= 15 is 0 Å². The topological polar surface area (TPSA) is 15.3 Å². The van der Waals surface area contributed by atoms with Crippen LogP contribution in [0.3, 0.4) is 0 Å². The van der Waals surface area contributed by atoms with Crippen LogP contribution >= 0.6 is 0 Å². The Morgan fingerprint density at radius 2 is 1.94 bits per heavy atom. The smallest absolute Gasteiger partial charge is 0.0395 e. The van der Waals surface area contributed by atoms with Crippen molar-refractivity contribution in [3.8, 4) is 0 Å². The molecule has 1 aromatic carbocycles. The Bertz CT molecular complexity index is 321. The Hall–Kier alpha value is -1.02. The van der Waals surface area contributed by atoms with Gasteiger partial charge < -0.3 is 10.2 Å². The molecule has 0 heterocycles. The van der Waals surface area contributed by atoms with Gasteiger partial charge >= 0.3 is 0 Å². The Morgan fingerprint density at radius 1 is 1.19 bits per heavy atom. The van der Waals surface area contributed by atoms with Gasteiger partial charge in [0.15, 0.2) is 0 Å². The van der Waals surface area contributed by atoms with Gasteiger partial charge in [-0.3, -0.25) is 0 Å². The highest BCUT2D eigenvalue weighted by Crippen LogP contribution is 2.20. The number of nitrogens with zero attached hydrogens (tertiary/aromatic N) is 1. The summed E-state index contributed by atoms with van der Waals surface area (Å²) in [6.07, 6.45) is 2.48. The highest BCUT2D eigenvalue weighted by atomic mass is 15.1. The van der Waals surface area contributed by atoms with Crippen molar-refractivity contribution < 1.29 is 0 Å². The van der Waals surface area contributed by atoms with E-state index in [1.165, 1.54) is 29.7 Å². The van der Waals surface area contributed by atoms with Gasteiger partial charge in [0.2, 0.25) is 0 Å². The molecule has 1 rings (SSSR count). The Kier molecular flexibility index (Phi) is 5.33. The fourth-order valence-corrected chi connectivity index (χ4v) is 1.90. The molecule has 0 amide bonds. The number of rotatable bonds is 6. The lowest BCUT2D eigenvalue weighted by Gasteiger charge is -2.22. The maximum absolute atomic E-state index is 3.18. The molecule has 0 aromatic heterocycles. The molecule has 0 radical (unpaired) electrons. The van der Waals surface area contributed by atoms with Crippen molar-refractivity contribution in [2.24, 2.45) is 0 Å². The summed E-state index contributed by atoms with van der Waals surface area (Å²) in [6.45, 7) is 6.57. The van der Waals surface area contributed by atoms with Crippen LogP contribution in [0.5, 0.6) is 0 Å². The molecule has 0 saturated carbocycles. The summed E-state index contributed by atoms with van der Waals surface area (Å²) in [7, 11) is 4.19. The number of hydrogen-bond donors (Lipinski definition) is 1. The highest BCUT2D eigenvalue weighted by Gasteiger charge is 2.04. The van der Waals surface area contributed by atoms with Gasteiger partial charge in [-0.2, -0.15) is 0 Å². The van der Waals surface area contributed by atoms with Crippen LogP contribution in [0, 0.1) is 13.8 Å². The lowest BCUT2D eigenvalue weighted by molar-refractivity contribution is 0.670. The minimum Gasteiger partial charge on any atom is -0.374 e. The lowest BCUT2D eigenvalue weighted by atomic mass is 10.1. The fraction of sp³-hybridized carbons (Fsp3) is 0.571. The van der Waals surface area contributed by atoms with Crippen LogP contribution in [0.4, 0.5) is 5.69 Å². The van der Waals surface area contributed by atoms with Crippen LogP contribution < -0.4 is 10.2 Å². The van der Waals surface area contributed by atoms with Gasteiger partial charge in [-0.25, -0.2) is 0 Å². The van der Waals surface area contributed by atoms with Crippen LogP contribution in [0.25, 0.3) is 0 Å². The second-order valence-electron chi connectivity index (χ2n) is 4.52. The number of anilines is 1. The van der Waals surface area contributed by atoms with Crippen LogP contribution in [-0.2, 0) is 0 Å². The third-order valence-corrected chi connectivity index (χ3v) is 2.95. The number of aryl methyl sites for hydroxylation is 2. The van der Waals surface area contributed by atoms with Gasteiger partial charge in [0.05, 0.1) is 0 Å². The van der Waals surface area contributed by atoms with Crippen LogP contribution in [-0.4, -0.2) is 27.2 Å². The van der Waals surface area contributed by atoms with Crippen molar-refractivity contribution in [1.82, 2.24) is 5.32 Å². The van der Waals surface area contributed by atoms with Crippen LogP contribution in [0.2, 0.25) is 0 Å². The molecule has 0 bridgehead atoms. The summed E-state index contributed by atoms with van der Waals surface area (Å²) in [5.41, 5.74) is 4.06. The van der Waals surface area contributed by atoms with Crippen molar-refractivity contribution >= 4 is 5.69 Å². The predicted octanol–water partition coefficient (Wildman–Crippen LogP) is 2.74. The van der Waals surface area contributed by atoms with Crippen LogP contribution in [0.1, 0.15) is 24.0 Å². The Balaban J connectivity index is 2.51. The minimum absolute atomic E-state index is 1.11. The van der Waals surface area contributed by atoms with Crippen molar-refractivity contribution in [2.75, 3.05) is 32.1 Å². The van der Waals surface area contributed by atoms with Gasteiger partial charge in [0.1, 0.15) is 0 Å². The molecule has 0 fully saturated rings. The van der Waals surface area contributed by atoms with Crippen molar-refractivity contribution in [1.29, 1.82) is 0 Å². The van der Waals surface area contributed by atoms with E-state index in [1.807, 2.05) is 7.05 Å². The standard InChI is InChI=1S/C14H24N2/c1-12-7-8-13(2)14(11-12)16(4)10-6-5-9-15-3/h7-8,11,15H,5-6,9-10H2,1-4H3. The first-order valence-electron chi connectivity index (χ1n) is 6.08. The first-order chi connectivity index (χ1) is 7.65. The Labute approximate surface area is 99.7 Å². The van der Waals surface area contributed by atoms with Crippen molar-refractivity contribution in [2.45, 2.75) is 26.7 Å². The van der Waals surface area contributed by atoms with Crippen LogP contribution in [0.15, 0.2) is 18.2 Å². The molecule has 0 spiro atoms. The molecule has 0 aliphatic heterocycles. The summed E-state index contributed by atoms with van der Waals surface area (Å²) < 4.78 is 0. The number of nitrogens with one attached hydrogen (secondary N) is 1. The van der Waals surface area contributed by atoms with E-state index in [4.69, 9.17) is 0 Å². The highest BCUT2D eigenvalue weighted by molar-refractivity contribution is 5.54. The first-order valence-corrected chi connectivity index (χ1v) is 6.08. The summed E-state index contributed by atoms with van der Waals surface area (Å²) >= 11 is 0.